The van der Waals surface area contributed by atoms with Crippen molar-refractivity contribution in [3.8, 4) is 17.2 Å². The van der Waals surface area contributed by atoms with Crippen LogP contribution in [0.4, 0.5) is 5.69 Å². The van der Waals surface area contributed by atoms with Crippen molar-refractivity contribution >= 4 is 28.3 Å². The number of benzene rings is 3. The SMILES string of the molecule is CC(=O)c1ccccc1-c1ccc2onc(C(=O)Nc3ccc(C#N)cc3C)c2c1. The van der Waals surface area contributed by atoms with Crippen LogP contribution >= 0.6 is 0 Å². The van der Waals surface area contributed by atoms with Crippen molar-refractivity contribution in [1.29, 1.82) is 5.26 Å². The second-order valence-electron chi connectivity index (χ2n) is 6.94. The molecule has 1 amide bonds. The number of aryl methyl sites for hydroxylation is 1. The summed E-state index contributed by atoms with van der Waals surface area (Å²) in [6.07, 6.45) is 0. The minimum absolute atomic E-state index is 0.0368. The Labute approximate surface area is 172 Å². The summed E-state index contributed by atoms with van der Waals surface area (Å²) in [7, 11) is 0. The molecule has 6 nitrogen and oxygen atoms in total. The van der Waals surface area contributed by atoms with E-state index in [4.69, 9.17) is 9.78 Å². The highest BCUT2D eigenvalue weighted by Gasteiger charge is 2.19. The number of rotatable bonds is 4. The second kappa shape index (κ2) is 7.64. The average molecular weight is 395 g/mol. The normalized spacial score (nSPS) is 10.6. The molecule has 1 heterocycles. The van der Waals surface area contributed by atoms with Crippen LogP contribution in [-0.2, 0) is 0 Å². The molecule has 4 aromatic rings. The first-order valence-electron chi connectivity index (χ1n) is 9.30. The van der Waals surface area contributed by atoms with Crippen LogP contribution in [0.5, 0.6) is 0 Å². The molecule has 0 saturated heterocycles. The van der Waals surface area contributed by atoms with Crippen LogP contribution < -0.4 is 5.32 Å². The van der Waals surface area contributed by atoms with E-state index in [1.165, 1.54) is 6.92 Å². The number of ketones is 1. The molecule has 146 valence electrons. The van der Waals surface area contributed by atoms with Gasteiger partial charge in [0, 0.05) is 11.3 Å². The third-order valence-corrected chi connectivity index (χ3v) is 4.91. The maximum absolute atomic E-state index is 12.9. The van der Waals surface area contributed by atoms with Gasteiger partial charge in [-0.1, -0.05) is 35.5 Å². The number of Topliss-reactive ketones (excluding diaryl/α,β-unsaturated/α-hetero) is 1. The molecule has 0 bridgehead atoms. The van der Waals surface area contributed by atoms with Crippen LogP contribution in [0.15, 0.2) is 65.2 Å². The Morgan fingerprint density at radius 3 is 2.60 bits per heavy atom. The van der Waals surface area contributed by atoms with E-state index in [-0.39, 0.29) is 11.5 Å². The number of nitrogens with one attached hydrogen (secondary N) is 1. The molecule has 0 spiro atoms. The van der Waals surface area contributed by atoms with Crippen LogP contribution in [0, 0.1) is 18.3 Å². The van der Waals surface area contributed by atoms with Gasteiger partial charge in [0.05, 0.1) is 17.0 Å². The highest BCUT2D eigenvalue weighted by molar-refractivity contribution is 6.11. The summed E-state index contributed by atoms with van der Waals surface area (Å²) in [6, 6.07) is 19.8. The van der Waals surface area contributed by atoms with E-state index in [1.807, 2.05) is 31.2 Å². The van der Waals surface area contributed by atoms with E-state index >= 15 is 0 Å². The molecule has 0 aliphatic carbocycles. The standard InChI is InChI=1S/C24H17N3O3/c1-14-11-16(13-25)7-9-21(14)26-24(29)23-20-12-17(8-10-22(20)30-27-23)19-6-4-3-5-18(19)15(2)28/h3-12H,1-2H3,(H,26,29). The minimum Gasteiger partial charge on any atom is -0.355 e. The number of amides is 1. The summed E-state index contributed by atoms with van der Waals surface area (Å²) in [5.74, 6) is -0.455. The summed E-state index contributed by atoms with van der Waals surface area (Å²) >= 11 is 0. The van der Waals surface area contributed by atoms with Gasteiger partial charge in [0.15, 0.2) is 17.1 Å². The van der Waals surface area contributed by atoms with Crippen molar-refractivity contribution in [2.45, 2.75) is 13.8 Å². The molecule has 0 aliphatic heterocycles. The number of hydrogen-bond acceptors (Lipinski definition) is 5. The fraction of sp³-hybridized carbons (Fsp3) is 0.0833. The first-order chi connectivity index (χ1) is 14.5. The maximum atomic E-state index is 12.9. The maximum Gasteiger partial charge on any atom is 0.278 e. The molecule has 3 aromatic carbocycles. The van der Waals surface area contributed by atoms with E-state index in [0.717, 1.165) is 16.7 Å². The Hall–Kier alpha value is -4.24. The number of carbonyl (C=O) groups is 2. The van der Waals surface area contributed by atoms with Gasteiger partial charge in [-0.15, -0.1) is 0 Å². The first-order valence-corrected chi connectivity index (χ1v) is 9.30. The zero-order chi connectivity index (χ0) is 21.3. The van der Waals surface area contributed by atoms with Gasteiger partial charge in [0.25, 0.3) is 5.91 Å². The van der Waals surface area contributed by atoms with Crippen molar-refractivity contribution in [2.24, 2.45) is 0 Å². The molecular formula is C24H17N3O3. The van der Waals surface area contributed by atoms with Crippen molar-refractivity contribution in [3.63, 3.8) is 0 Å². The van der Waals surface area contributed by atoms with Crippen LogP contribution in [-0.4, -0.2) is 16.8 Å². The predicted molar refractivity (Wildman–Crippen MR) is 113 cm³/mol. The zero-order valence-corrected chi connectivity index (χ0v) is 16.4. The van der Waals surface area contributed by atoms with E-state index in [2.05, 4.69) is 16.5 Å². The summed E-state index contributed by atoms with van der Waals surface area (Å²) in [6.45, 7) is 3.34. The predicted octanol–water partition coefficient (Wildman–Crippen LogP) is 5.13. The number of carbonyl (C=O) groups excluding carboxylic acids is 2. The Morgan fingerprint density at radius 1 is 1.07 bits per heavy atom. The lowest BCUT2D eigenvalue weighted by atomic mass is 9.96. The topological polar surface area (TPSA) is 96.0 Å². The highest BCUT2D eigenvalue weighted by Crippen LogP contribution is 2.29. The molecule has 0 atom stereocenters. The summed E-state index contributed by atoms with van der Waals surface area (Å²) in [4.78, 5) is 24.9. The van der Waals surface area contributed by atoms with Gasteiger partial charge < -0.3 is 9.84 Å². The van der Waals surface area contributed by atoms with Gasteiger partial charge in [0.1, 0.15) is 0 Å². The van der Waals surface area contributed by atoms with E-state index in [9.17, 15) is 9.59 Å². The van der Waals surface area contributed by atoms with Gasteiger partial charge in [-0.05, 0) is 60.9 Å². The molecule has 0 aliphatic rings. The summed E-state index contributed by atoms with van der Waals surface area (Å²) < 4.78 is 5.32. The Bertz CT molecular complexity index is 1350. The number of aromatic nitrogens is 1. The fourth-order valence-electron chi connectivity index (χ4n) is 3.37. The van der Waals surface area contributed by atoms with Gasteiger partial charge in [0.2, 0.25) is 0 Å². The average Bonchev–Trinajstić information content (AvgIpc) is 3.18. The highest BCUT2D eigenvalue weighted by atomic mass is 16.5. The number of nitriles is 1. The van der Waals surface area contributed by atoms with E-state index in [1.54, 1.807) is 36.4 Å². The third kappa shape index (κ3) is 3.45. The van der Waals surface area contributed by atoms with Gasteiger partial charge >= 0.3 is 0 Å². The molecule has 0 unspecified atom stereocenters. The summed E-state index contributed by atoms with van der Waals surface area (Å²) in [5, 5.41) is 16.3. The van der Waals surface area contributed by atoms with Crippen molar-refractivity contribution in [2.75, 3.05) is 5.32 Å². The molecule has 0 saturated carbocycles. The smallest absolute Gasteiger partial charge is 0.278 e. The quantitative estimate of drug-likeness (QED) is 0.483. The van der Waals surface area contributed by atoms with E-state index in [0.29, 0.717) is 27.8 Å². The summed E-state index contributed by atoms with van der Waals surface area (Å²) in [5.41, 5.74) is 4.68. The van der Waals surface area contributed by atoms with Crippen molar-refractivity contribution in [1.82, 2.24) is 5.16 Å². The number of nitrogens with zero attached hydrogens (tertiary/aromatic N) is 2. The molecule has 4 rings (SSSR count). The van der Waals surface area contributed by atoms with E-state index < -0.39 is 5.91 Å². The van der Waals surface area contributed by atoms with Gasteiger partial charge in [-0.3, -0.25) is 9.59 Å². The number of anilines is 1. The molecule has 6 heteroatoms. The van der Waals surface area contributed by atoms with Crippen LogP contribution in [0.3, 0.4) is 0 Å². The third-order valence-electron chi connectivity index (χ3n) is 4.91. The molecular weight excluding hydrogens is 378 g/mol. The lowest BCUT2D eigenvalue weighted by Crippen LogP contribution is -2.13. The Kier molecular flexibility index (Phi) is 4.87. The largest absolute Gasteiger partial charge is 0.355 e. The fourth-order valence-corrected chi connectivity index (χ4v) is 3.37. The molecule has 0 fully saturated rings. The molecule has 1 aromatic heterocycles. The van der Waals surface area contributed by atoms with Crippen molar-refractivity contribution < 1.29 is 14.1 Å². The van der Waals surface area contributed by atoms with Crippen LogP contribution in [0.25, 0.3) is 22.1 Å². The molecule has 1 N–H and O–H groups in total. The minimum atomic E-state index is -0.418. The van der Waals surface area contributed by atoms with Crippen molar-refractivity contribution in [3.05, 3.63) is 83.0 Å². The Morgan fingerprint density at radius 2 is 1.87 bits per heavy atom. The monoisotopic (exact) mass is 395 g/mol. The van der Waals surface area contributed by atoms with Gasteiger partial charge in [-0.2, -0.15) is 5.26 Å². The Balaban J connectivity index is 1.73. The van der Waals surface area contributed by atoms with Crippen LogP contribution in [0.1, 0.15) is 38.9 Å². The van der Waals surface area contributed by atoms with Crippen LogP contribution in [0.2, 0.25) is 0 Å². The number of hydrogen-bond donors (Lipinski definition) is 1. The lowest BCUT2D eigenvalue weighted by Gasteiger charge is -2.08. The lowest BCUT2D eigenvalue weighted by molar-refractivity contribution is 0.101. The molecule has 30 heavy (non-hydrogen) atoms. The molecule has 0 radical (unpaired) electrons. The first kappa shape index (κ1) is 19.1. The number of fused-ring (bicyclic) bond motifs is 1. The second-order valence-corrected chi connectivity index (χ2v) is 6.94. The van der Waals surface area contributed by atoms with Gasteiger partial charge in [-0.25, -0.2) is 0 Å². The zero-order valence-electron chi connectivity index (χ0n) is 16.4.